The van der Waals surface area contributed by atoms with Gasteiger partial charge in [-0.15, -0.1) is 0 Å². The van der Waals surface area contributed by atoms with Gasteiger partial charge in [0.25, 0.3) is 0 Å². The van der Waals surface area contributed by atoms with Crippen LogP contribution >= 0.6 is 0 Å². The largest absolute Gasteiger partial charge is 0.493 e. The highest BCUT2D eigenvalue weighted by Gasteiger charge is 2.24. The van der Waals surface area contributed by atoms with Crippen molar-refractivity contribution < 1.29 is 9.53 Å². The molecule has 1 aliphatic heterocycles. The second kappa shape index (κ2) is 8.34. The third-order valence-corrected chi connectivity index (χ3v) is 4.50. The van der Waals surface area contributed by atoms with Gasteiger partial charge in [-0.05, 0) is 49.3 Å². The molecule has 0 saturated carbocycles. The molecule has 1 aliphatic rings. The maximum absolute atomic E-state index is 12.4. The molecule has 0 bridgehead atoms. The van der Waals surface area contributed by atoms with Crippen LogP contribution in [0.15, 0.2) is 24.3 Å². The fraction of sp³-hybridized carbons (Fsp3) is 0.632. The van der Waals surface area contributed by atoms with Gasteiger partial charge in [0, 0.05) is 19.1 Å². The molecule has 0 aromatic heterocycles. The Kier molecular flexibility index (Phi) is 6.46. The van der Waals surface area contributed by atoms with E-state index in [1.165, 1.54) is 0 Å². The maximum Gasteiger partial charge on any atom is 0.226 e. The Morgan fingerprint density at radius 2 is 1.83 bits per heavy atom. The van der Waals surface area contributed by atoms with Crippen molar-refractivity contribution in [2.45, 2.75) is 46.1 Å². The molecule has 2 rings (SSSR count). The van der Waals surface area contributed by atoms with Gasteiger partial charge in [0.15, 0.2) is 0 Å². The van der Waals surface area contributed by atoms with Crippen molar-refractivity contribution >= 4 is 5.91 Å². The number of benzene rings is 1. The Hall–Kier alpha value is -1.55. The Balaban J connectivity index is 1.81. The van der Waals surface area contributed by atoms with Gasteiger partial charge in [-0.1, -0.05) is 26.0 Å². The molecular formula is C19H30N2O2. The summed E-state index contributed by atoms with van der Waals surface area (Å²) in [7, 11) is 0. The number of ether oxygens (including phenoxy) is 1. The molecule has 2 N–H and O–H groups in total. The van der Waals surface area contributed by atoms with E-state index in [0.717, 1.165) is 37.2 Å². The van der Waals surface area contributed by atoms with E-state index in [9.17, 15) is 4.79 Å². The van der Waals surface area contributed by atoms with Crippen molar-refractivity contribution in [3.63, 3.8) is 0 Å². The minimum absolute atomic E-state index is 0.212. The third-order valence-electron chi connectivity index (χ3n) is 4.50. The van der Waals surface area contributed by atoms with Gasteiger partial charge in [-0.25, -0.2) is 0 Å². The van der Waals surface area contributed by atoms with E-state index in [2.05, 4.69) is 20.8 Å². The molecule has 4 heteroatoms. The first-order chi connectivity index (χ1) is 11.0. The molecule has 1 atom stereocenters. The van der Waals surface area contributed by atoms with Gasteiger partial charge in [0.2, 0.25) is 5.91 Å². The molecule has 1 heterocycles. The van der Waals surface area contributed by atoms with Gasteiger partial charge >= 0.3 is 0 Å². The number of nitrogens with two attached hydrogens (primary N) is 1. The fourth-order valence-electron chi connectivity index (χ4n) is 2.93. The normalized spacial score (nSPS) is 17.3. The van der Waals surface area contributed by atoms with E-state index < -0.39 is 0 Å². The van der Waals surface area contributed by atoms with E-state index in [1.807, 2.05) is 29.2 Å². The summed E-state index contributed by atoms with van der Waals surface area (Å²) in [4.78, 5) is 14.4. The Labute approximate surface area is 140 Å². The molecule has 1 aromatic rings. The number of rotatable bonds is 6. The predicted molar refractivity (Wildman–Crippen MR) is 93.4 cm³/mol. The molecular weight excluding hydrogens is 288 g/mol. The van der Waals surface area contributed by atoms with Gasteiger partial charge in [-0.3, -0.25) is 4.79 Å². The molecule has 0 radical (unpaired) electrons. The molecule has 1 aromatic carbocycles. The van der Waals surface area contributed by atoms with E-state index in [0.29, 0.717) is 24.9 Å². The first kappa shape index (κ1) is 17.8. The zero-order valence-corrected chi connectivity index (χ0v) is 14.6. The molecule has 23 heavy (non-hydrogen) atoms. The highest BCUT2D eigenvalue weighted by Crippen LogP contribution is 2.20. The van der Waals surface area contributed by atoms with Crippen LogP contribution in [0.3, 0.4) is 0 Å². The predicted octanol–water partition coefficient (Wildman–Crippen LogP) is 2.85. The van der Waals surface area contributed by atoms with Crippen molar-refractivity contribution in [2.24, 2.45) is 17.6 Å². The molecule has 0 spiro atoms. The number of carbonyl (C=O) groups is 1. The van der Waals surface area contributed by atoms with Crippen molar-refractivity contribution in [1.29, 1.82) is 0 Å². The number of likely N-dealkylation sites (tertiary alicyclic amines) is 1. The van der Waals surface area contributed by atoms with E-state index in [1.54, 1.807) is 0 Å². The number of carbonyl (C=O) groups excluding carboxylic acids is 1. The highest BCUT2D eigenvalue weighted by atomic mass is 16.5. The summed E-state index contributed by atoms with van der Waals surface area (Å²) in [6.07, 6.45) is 2.50. The second-order valence-corrected chi connectivity index (χ2v) is 7.10. The minimum Gasteiger partial charge on any atom is -0.493 e. The molecule has 4 nitrogen and oxygen atoms in total. The van der Waals surface area contributed by atoms with E-state index >= 15 is 0 Å². The van der Waals surface area contributed by atoms with Crippen molar-refractivity contribution in [3.05, 3.63) is 29.8 Å². The number of nitrogens with zero attached hydrogens (tertiary/aromatic N) is 1. The summed E-state index contributed by atoms with van der Waals surface area (Å²) in [5.74, 6) is 2.14. The first-order valence-corrected chi connectivity index (χ1v) is 8.70. The van der Waals surface area contributed by atoms with Gasteiger partial charge in [-0.2, -0.15) is 0 Å². The molecule has 0 aliphatic carbocycles. The lowest BCUT2D eigenvalue weighted by Crippen LogP contribution is -2.43. The second-order valence-electron chi connectivity index (χ2n) is 7.10. The molecule has 1 unspecified atom stereocenters. The van der Waals surface area contributed by atoms with Crippen molar-refractivity contribution in [3.8, 4) is 5.75 Å². The Bertz CT molecular complexity index is 489. The van der Waals surface area contributed by atoms with Crippen LogP contribution in [0, 0.1) is 11.8 Å². The smallest absolute Gasteiger partial charge is 0.226 e. The lowest BCUT2D eigenvalue weighted by molar-refractivity contribution is -0.131. The van der Waals surface area contributed by atoms with Crippen molar-refractivity contribution in [2.75, 3.05) is 19.7 Å². The number of hydrogen-bond acceptors (Lipinski definition) is 3. The SMILES string of the molecule is CC(C)COc1ccc(CC(=O)N2CCC(C(C)N)CC2)cc1. The summed E-state index contributed by atoms with van der Waals surface area (Å²) in [5.41, 5.74) is 7.00. The zero-order chi connectivity index (χ0) is 16.8. The number of hydrogen-bond donors (Lipinski definition) is 1. The molecule has 1 fully saturated rings. The van der Waals surface area contributed by atoms with Gasteiger partial charge < -0.3 is 15.4 Å². The van der Waals surface area contributed by atoms with E-state index in [-0.39, 0.29) is 11.9 Å². The van der Waals surface area contributed by atoms with Crippen LogP contribution in [0.5, 0.6) is 5.75 Å². The van der Waals surface area contributed by atoms with Crippen LogP contribution in [0.2, 0.25) is 0 Å². The monoisotopic (exact) mass is 318 g/mol. The molecule has 1 amide bonds. The number of piperidine rings is 1. The lowest BCUT2D eigenvalue weighted by Gasteiger charge is -2.33. The fourth-order valence-corrected chi connectivity index (χ4v) is 2.93. The lowest BCUT2D eigenvalue weighted by atomic mass is 9.91. The van der Waals surface area contributed by atoms with Crippen molar-refractivity contribution in [1.82, 2.24) is 4.90 Å². The highest BCUT2D eigenvalue weighted by molar-refractivity contribution is 5.78. The minimum atomic E-state index is 0.212. The first-order valence-electron chi connectivity index (χ1n) is 8.70. The Morgan fingerprint density at radius 1 is 1.22 bits per heavy atom. The number of amides is 1. The quantitative estimate of drug-likeness (QED) is 0.877. The van der Waals surface area contributed by atoms with Crippen LogP contribution in [-0.4, -0.2) is 36.5 Å². The third kappa shape index (κ3) is 5.54. The van der Waals surface area contributed by atoms with Crippen LogP contribution < -0.4 is 10.5 Å². The van der Waals surface area contributed by atoms with Gasteiger partial charge in [0.05, 0.1) is 13.0 Å². The summed E-state index contributed by atoms with van der Waals surface area (Å²) in [6.45, 7) is 8.70. The molecule has 1 saturated heterocycles. The summed E-state index contributed by atoms with van der Waals surface area (Å²) in [5, 5.41) is 0. The summed E-state index contributed by atoms with van der Waals surface area (Å²) in [6, 6.07) is 8.11. The van der Waals surface area contributed by atoms with Gasteiger partial charge in [0.1, 0.15) is 5.75 Å². The van der Waals surface area contributed by atoms with Crippen LogP contribution in [-0.2, 0) is 11.2 Å². The van der Waals surface area contributed by atoms with E-state index in [4.69, 9.17) is 10.5 Å². The maximum atomic E-state index is 12.4. The molecule has 128 valence electrons. The summed E-state index contributed by atoms with van der Waals surface area (Å²) < 4.78 is 5.67. The topological polar surface area (TPSA) is 55.6 Å². The summed E-state index contributed by atoms with van der Waals surface area (Å²) >= 11 is 0. The van der Waals surface area contributed by atoms with Crippen LogP contribution in [0.25, 0.3) is 0 Å². The van der Waals surface area contributed by atoms with Crippen LogP contribution in [0.4, 0.5) is 0 Å². The standard InChI is InChI=1S/C19H30N2O2/c1-14(2)13-23-18-6-4-16(5-7-18)12-19(22)21-10-8-17(9-11-21)15(3)20/h4-7,14-15,17H,8-13,20H2,1-3H3. The van der Waals surface area contributed by atoms with Crippen LogP contribution in [0.1, 0.15) is 39.2 Å². The average Bonchev–Trinajstić information content (AvgIpc) is 2.54. The zero-order valence-electron chi connectivity index (χ0n) is 14.6. The Morgan fingerprint density at radius 3 is 2.35 bits per heavy atom. The average molecular weight is 318 g/mol.